The largest absolute Gasteiger partial charge is 0.289 e. The van der Waals surface area contributed by atoms with Gasteiger partial charge in [-0.25, -0.2) is 4.39 Å². The lowest BCUT2D eigenvalue weighted by molar-refractivity contribution is 0.00858. The number of pyridine rings is 1. The quantitative estimate of drug-likeness (QED) is 0.748. The van der Waals surface area contributed by atoms with Crippen LogP contribution < -0.4 is 0 Å². The second-order valence-electron chi connectivity index (χ2n) is 2.78. The Balaban J connectivity index is 3.35. The van der Waals surface area contributed by atoms with E-state index in [0.29, 0.717) is 11.4 Å². The van der Waals surface area contributed by atoms with Crippen LogP contribution in [0, 0.1) is 12.7 Å². The second-order valence-corrected chi connectivity index (χ2v) is 3.64. The van der Waals surface area contributed by atoms with Crippen LogP contribution in [-0.4, -0.2) is 4.98 Å². The van der Waals surface area contributed by atoms with Crippen molar-refractivity contribution in [2.75, 3.05) is 0 Å². The molecule has 1 rings (SSSR count). The third kappa shape index (κ3) is 2.02. The molecule has 0 saturated carbocycles. The topological polar surface area (TPSA) is 12.9 Å². The highest BCUT2D eigenvalue weighted by molar-refractivity contribution is 9.10. The number of hydrogen-bond donors (Lipinski definition) is 0. The summed E-state index contributed by atoms with van der Waals surface area (Å²) >= 11 is 3.00. The minimum atomic E-state index is -3.24. The average Bonchev–Trinajstić information content (AvgIpc) is 1.98. The SMILES string of the molecule is Cc1c(Br)cnc(C(C)(F)F)c1F. The maximum atomic E-state index is 13.2. The molecule has 1 aromatic heterocycles. The molecule has 0 amide bonds. The maximum Gasteiger partial charge on any atom is 0.289 e. The van der Waals surface area contributed by atoms with Gasteiger partial charge in [0, 0.05) is 23.2 Å². The van der Waals surface area contributed by atoms with Crippen molar-refractivity contribution in [2.45, 2.75) is 19.8 Å². The van der Waals surface area contributed by atoms with E-state index in [0.717, 1.165) is 0 Å². The van der Waals surface area contributed by atoms with Crippen LogP contribution in [0.3, 0.4) is 0 Å². The van der Waals surface area contributed by atoms with Crippen LogP contribution >= 0.6 is 15.9 Å². The number of aromatic nitrogens is 1. The molecular formula is C8H7BrF3N. The van der Waals surface area contributed by atoms with Crippen molar-refractivity contribution < 1.29 is 13.2 Å². The van der Waals surface area contributed by atoms with E-state index in [1.165, 1.54) is 13.1 Å². The summed E-state index contributed by atoms with van der Waals surface area (Å²) in [5.74, 6) is -4.20. The molecule has 0 aliphatic carbocycles. The Morgan fingerprint density at radius 1 is 1.46 bits per heavy atom. The third-order valence-electron chi connectivity index (χ3n) is 1.62. The first-order valence-electron chi connectivity index (χ1n) is 3.53. The van der Waals surface area contributed by atoms with Crippen molar-refractivity contribution in [1.29, 1.82) is 0 Å². The van der Waals surface area contributed by atoms with Crippen molar-refractivity contribution in [1.82, 2.24) is 4.98 Å². The molecular weight excluding hydrogens is 247 g/mol. The van der Waals surface area contributed by atoms with Crippen LogP contribution in [0.5, 0.6) is 0 Å². The van der Waals surface area contributed by atoms with Crippen LogP contribution in [0.1, 0.15) is 18.2 Å². The fourth-order valence-electron chi connectivity index (χ4n) is 0.863. The molecule has 1 aromatic rings. The molecule has 0 spiro atoms. The first kappa shape index (κ1) is 10.5. The van der Waals surface area contributed by atoms with E-state index in [1.807, 2.05) is 0 Å². The third-order valence-corrected chi connectivity index (χ3v) is 2.42. The summed E-state index contributed by atoms with van der Waals surface area (Å²) in [6.45, 7) is 2.03. The van der Waals surface area contributed by atoms with E-state index in [1.54, 1.807) is 0 Å². The van der Waals surface area contributed by atoms with E-state index in [-0.39, 0.29) is 5.56 Å². The fourth-order valence-corrected chi connectivity index (χ4v) is 1.14. The van der Waals surface area contributed by atoms with Crippen molar-refractivity contribution in [3.63, 3.8) is 0 Å². The van der Waals surface area contributed by atoms with Crippen molar-refractivity contribution in [2.24, 2.45) is 0 Å². The van der Waals surface area contributed by atoms with Crippen LogP contribution in [0.4, 0.5) is 13.2 Å². The first-order valence-corrected chi connectivity index (χ1v) is 4.32. The molecule has 13 heavy (non-hydrogen) atoms. The van der Waals surface area contributed by atoms with Gasteiger partial charge < -0.3 is 0 Å². The Kier molecular flexibility index (Phi) is 2.66. The molecule has 0 aliphatic heterocycles. The standard InChI is InChI=1S/C8H7BrF3N/c1-4-5(9)3-13-7(6(4)10)8(2,11)12/h3H,1-2H3. The molecule has 0 fully saturated rings. The zero-order valence-electron chi connectivity index (χ0n) is 7.04. The second kappa shape index (κ2) is 3.29. The van der Waals surface area contributed by atoms with Gasteiger partial charge in [-0.3, -0.25) is 4.98 Å². The highest BCUT2D eigenvalue weighted by atomic mass is 79.9. The normalized spacial score (nSPS) is 11.8. The van der Waals surface area contributed by atoms with Crippen LogP contribution in [-0.2, 0) is 5.92 Å². The fraction of sp³-hybridized carbons (Fsp3) is 0.375. The molecule has 72 valence electrons. The van der Waals surface area contributed by atoms with E-state index in [2.05, 4.69) is 20.9 Å². The number of hydrogen-bond acceptors (Lipinski definition) is 1. The summed E-state index contributed by atoms with van der Waals surface area (Å²) < 4.78 is 39.0. The smallest absolute Gasteiger partial charge is 0.251 e. The lowest BCUT2D eigenvalue weighted by Gasteiger charge is -2.12. The summed E-state index contributed by atoms with van der Waals surface area (Å²) in [7, 11) is 0. The van der Waals surface area contributed by atoms with Gasteiger partial charge in [0.15, 0.2) is 5.82 Å². The van der Waals surface area contributed by atoms with Crippen LogP contribution in [0.25, 0.3) is 0 Å². The predicted molar refractivity (Wildman–Crippen MR) is 46.2 cm³/mol. The van der Waals surface area contributed by atoms with Crippen molar-refractivity contribution in [3.8, 4) is 0 Å². The molecule has 0 aromatic carbocycles. The van der Waals surface area contributed by atoms with Gasteiger partial charge in [0.2, 0.25) is 0 Å². The van der Waals surface area contributed by atoms with E-state index in [4.69, 9.17) is 0 Å². The van der Waals surface area contributed by atoms with Gasteiger partial charge in [0.05, 0.1) is 0 Å². The van der Waals surface area contributed by atoms with Crippen molar-refractivity contribution in [3.05, 3.63) is 27.7 Å². The molecule has 0 atom stereocenters. The van der Waals surface area contributed by atoms with E-state index in [9.17, 15) is 13.2 Å². The molecule has 1 heterocycles. The Bertz CT molecular complexity index is 333. The number of alkyl halides is 2. The molecule has 0 N–H and O–H groups in total. The molecule has 0 bridgehead atoms. The monoisotopic (exact) mass is 253 g/mol. The number of nitrogens with zero attached hydrogens (tertiary/aromatic N) is 1. The van der Waals surface area contributed by atoms with E-state index >= 15 is 0 Å². The summed E-state index contributed by atoms with van der Waals surface area (Å²) in [4.78, 5) is 3.34. The molecule has 0 unspecified atom stereocenters. The predicted octanol–water partition coefficient (Wildman–Crippen LogP) is 3.40. The van der Waals surface area contributed by atoms with Gasteiger partial charge in [-0.15, -0.1) is 0 Å². The van der Waals surface area contributed by atoms with Gasteiger partial charge in [0.1, 0.15) is 5.69 Å². The molecule has 5 heteroatoms. The minimum Gasteiger partial charge on any atom is -0.251 e. The van der Waals surface area contributed by atoms with Gasteiger partial charge in [-0.05, 0) is 22.9 Å². The molecule has 0 saturated heterocycles. The summed E-state index contributed by atoms with van der Waals surface area (Å²) in [5, 5.41) is 0. The van der Waals surface area contributed by atoms with Crippen LogP contribution in [0.2, 0.25) is 0 Å². The lowest BCUT2D eigenvalue weighted by Crippen LogP contribution is -2.13. The van der Waals surface area contributed by atoms with Crippen LogP contribution in [0.15, 0.2) is 10.7 Å². The molecule has 0 radical (unpaired) electrons. The Morgan fingerprint density at radius 3 is 2.46 bits per heavy atom. The van der Waals surface area contributed by atoms with Gasteiger partial charge in [-0.1, -0.05) is 0 Å². The van der Waals surface area contributed by atoms with Gasteiger partial charge in [0.25, 0.3) is 5.92 Å². The zero-order valence-corrected chi connectivity index (χ0v) is 8.62. The highest BCUT2D eigenvalue weighted by Crippen LogP contribution is 2.30. The Hall–Kier alpha value is -0.580. The Morgan fingerprint density at radius 2 is 2.00 bits per heavy atom. The summed E-state index contributed by atoms with van der Waals surface area (Å²) in [6, 6.07) is 0. The minimum absolute atomic E-state index is 0.145. The number of halogens is 4. The van der Waals surface area contributed by atoms with Crippen molar-refractivity contribution >= 4 is 15.9 Å². The zero-order chi connectivity index (χ0) is 10.2. The summed E-state index contributed by atoms with van der Waals surface area (Å²) in [5.41, 5.74) is -0.667. The van der Waals surface area contributed by atoms with Gasteiger partial charge in [-0.2, -0.15) is 8.78 Å². The first-order chi connectivity index (χ1) is 5.84. The number of rotatable bonds is 1. The van der Waals surface area contributed by atoms with Gasteiger partial charge >= 0.3 is 0 Å². The maximum absolute atomic E-state index is 13.2. The molecule has 1 nitrogen and oxygen atoms in total. The average molecular weight is 254 g/mol. The summed E-state index contributed by atoms with van der Waals surface area (Å²) in [6.07, 6.45) is 1.17. The highest BCUT2D eigenvalue weighted by Gasteiger charge is 2.31. The molecule has 0 aliphatic rings. The Labute approximate surface area is 82.1 Å². The lowest BCUT2D eigenvalue weighted by atomic mass is 10.1. The van der Waals surface area contributed by atoms with E-state index < -0.39 is 17.4 Å².